The second-order valence-electron chi connectivity index (χ2n) is 6.50. The van der Waals surface area contributed by atoms with Gasteiger partial charge in [-0.3, -0.25) is 4.99 Å². The van der Waals surface area contributed by atoms with E-state index in [9.17, 15) is 4.39 Å². The van der Waals surface area contributed by atoms with Crippen molar-refractivity contribution >= 4 is 16.9 Å². The molecule has 5 nitrogen and oxygen atoms in total. The number of amidine groups is 1. The Morgan fingerprint density at radius 1 is 1.32 bits per heavy atom. The van der Waals surface area contributed by atoms with E-state index < -0.39 is 5.54 Å². The van der Waals surface area contributed by atoms with Gasteiger partial charge in [-0.2, -0.15) is 0 Å². The molecule has 3 unspecified atom stereocenters. The Hall–Kier alpha value is -1.99. The molecule has 25 heavy (non-hydrogen) atoms. The van der Waals surface area contributed by atoms with E-state index in [0.29, 0.717) is 22.2 Å². The average molecular weight is 358 g/mol. The van der Waals surface area contributed by atoms with Crippen molar-refractivity contribution < 1.29 is 9.13 Å². The summed E-state index contributed by atoms with van der Waals surface area (Å²) >= 11 is 1.58. The van der Waals surface area contributed by atoms with Gasteiger partial charge in [0, 0.05) is 48.7 Å². The summed E-state index contributed by atoms with van der Waals surface area (Å²) in [5.74, 6) is 0.922. The molecular weight excluding hydrogens is 339 g/mol. The van der Waals surface area contributed by atoms with Crippen molar-refractivity contribution in [2.24, 2.45) is 16.6 Å². The number of fused-ring (bicyclic) bond motifs is 1. The lowest BCUT2D eigenvalue weighted by Gasteiger charge is -2.36. The van der Waals surface area contributed by atoms with Gasteiger partial charge in [0.15, 0.2) is 5.17 Å². The molecule has 130 valence electrons. The number of ether oxygens (including phenoxy) is 1. The summed E-state index contributed by atoms with van der Waals surface area (Å²) in [6.45, 7) is 0. The molecule has 0 bridgehead atoms. The molecule has 2 aromatic rings. The fourth-order valence-electron chi connectivity index (χ4n) is 3.92. The molecular formula is C18H19FN4OS. The molecule has 7 heteroatoms. The number of halogens is 1. The zero-order chi connectivity index (χ0) is 17.4. The highest BCUT2D eigenvalue weighted by Crippen LogP contribution is 2.52. The number of hydrogen-bond acceptors (Lipinski definition) is 6. The lowest BCUT2D eigenvalue weighted by molar-refractivity contribution is 0.102. The van der Waals surface area contributed by atoms with Crippen molar-refractivity contribution in [2.75, 3.05) is 12.9 Å². The van der Waals surface area contributed by atoms with Crippen LogP contribution in [0.2, 0.25) is 0 Å². The van der Waals surface area contributed by atoms with Crippen LogP contribution >= 0.6 is 11.8 Å². The molecule has 2 aliphatic rings. The zero-order valence-corrected chi connectivity index (χ0v) is 14.7. The van der Waals surface area contributed by atoms with Crippen molar-refractivity contribution in [1.82, 2.24) is 9.97 Å². The van der Waals surface area contributed by atoms with Gasteiger partial charge in [-0.1, -0.05) is 17.8 Å². The first kappa shape index (κ1) is 16.5. The van der Waals surface area contributed by atoms with Crippen LogP contribution in [0.1, 0.15) is 18.4 Å². The Kier molecular flexibility index (Phi) is 4.21. The molecule has 1 saturated carbocycles. The highest BCUT2D eigenvalue weighted by atomic mass is 32.2. The van der Waals surface area contributed by atoms with Gasteiger partial charge < -0.3 is 10.5 Å². The zero-order valence-electron chi connectivity index (χ0n) is 13.9. The number of aromatic nitrogens is 2. The van der Waals surface area contributed by atoms with Crippen LogP contribution in [-0.2, 0) is 10.3 Å². The molecule has 0 saturated heterocycles. The summed E-state index contributed by atoms with van der Waals surface area (Å²) in [4.78, 5) is 12.8. The summed E-state index contributed by atoms with van der Waals surface area (Å²) < 4.78 is 20.0. The Balaban J connectivity index is 1.84. The summed E-state index contributed by atoms with van der Waals surface area (Å²) in [7, 11) is 1.73. The maximum Gasteiger partial charge on any atom is 0.154 e. The number of hydrogen-bond donors (Lipinski definition) is 1. The lowest BCUT2D eigenvalue weighted by Crippen LogP contribution is -2.36. The van der Waals surface area contributed by atoms with Crippen LogP contribution in [0.3, 0.4) is 0 Å². The second-order valence-corrected chi connectivity index (χ2v) is 7.54. The number of methoxy groups -OCH3 is 1. The number of thioether (sulfide) groups is 1. The molecule has 1 aliphatic heterocycles. The van der Waals surface area contributed by atoms with Crippen LogP contribution in [0.15, 0.2) is 41.9 Å². The first-order chi connectivity index (χ1) is 12.1. The summed E-state index contributed by atoms with van der Waals surface area (Å²) in [6.07, 6.45) is 6.49. The van der Waals surface area contributed by atoms with E-state index in [2.05, 4.69) is 9.97 Å². The summed E-state index contributed by atoms with van der Waals surface area (Å²) in [6, 6.07) is 5.18. The van der Waals surface area contributed by atoms with Crippen LogP contribution in [0, 0.1) is 11.7 Å². The van der Waals surface area contributed by atoms with Crippen molar-refractivity contribution in [3.8, 4) is 11.1 Å². The minimum absolute atomic E-state index is 0.133. The fraction of sp³-hybridized carbons (Fsp3) is 0.389. The van der Waals surface area contributed by atoms with Crippen LogP contribution < -0.4 is 5.73 Å². The summed E-state index contributed by atoms with van der Waals surface area (Å²) in [5, 5.41) is 0.585. The highest BCUT2D eigenvalue weighted by molar-refractivity contribution is 8.13. The van der Waals surface area contributed by atoms with Gasteiger partial charge in [0.1, 0.15) is 12.1 Å². The van der Waals surface area contributed by atoms with Gasteiger partial charge in [-0.15, -0.1) is 0 Å². The molecule has 0 radical (unpaired) electrons. The first-order valence-electron chi connectivity index (χ1n) is 8.19. The van der Waals surface area contributed by atoms with Gasteiger partial charge in [-0.25, -0.2) is 14.4 Å². The minimum atomic E-state index is -0.450. The molecule has 1 fully saturated rings. The van der Waals surface area contributed by atoms with Gasteiger partial charge in [-0.05, 0) is 24.1 Å². The van der Waals surface area contributed by atoms with E-state index in [1.165, 1.54) is 12.4 Å². The molecule has 0 spiro atoms. The van der Waals surface area contributed by atoms with Crippen molar-refractivity contribution in [2.45, 2.75) is 24.5 Å². The maximum absolute atomic E-state index is 14.4. The van der Waals surface area contributed by atoms with Crippen LogP contribution in [0.4, 0.5) is 4.39 Å². The maximum atomic E-state index is 14.4. The fourth-order valence-corrected chi connectivity index (χ4v) is 4.93. The first-order valence-corrected chi connectivity index (χ1v) is 9.17. The quantitative estimate of drug-likeness (QED) is 0.913. The third-order valence-corrected chi connectivity index (χ3v) is 6.13. The second kappa shape index (κ2) is 6.38. The van der Waals surface area contributed by atoms with Gasteiger partial charge >= 0.3 is 0 Å². The molecule has 4 rings (SSSR count). The lowest BCUT2D eigenvalue weighted by atomic mass is 9.80. The van der Waals surface area contributed by atoms with Crippen LogP contribution in [0.5, 0.6) is 0 Å². The summed E-state index contributed by atoms with van der Waals surface area (Å²) in [5.41, 5.74) is 7.72. The molecule has 0 amide bonds. The van der Waals surface area contributed by atoms with Crippen LogP contribution in [-0.4, -0.2) is 34.1 Å². The SMILES string of the molecule is COC1CC2CSC(N)=NC2(c2ccc(F)c(-c3cncnc3)c2)C1. The molecule has 1 aromatic heterocycles. The van der Waals surface area contributed by atoms with E-state index in [0.717, 1.165) is 24.2 Å². The van der Waals surface area contributed by atoms with E-state index in [-0.39, 0.29) is 11.9 Å². The standard InChI is InChI=1S/C18H19FN4OS/c1-24-14-4-13-9-25-17(20)23-18(13,6-14)12-2-3-16(19)15(5-12)11-7-21-10-22-8-11/h2-3,5,7-8,10,13-14H,4,6,9H2,1H3,(H2,20,23). The smallest absolute Gasteiger partial charge is 0.154 e. The Bertz CT molecular complexity index is 816. The molecule has 1 aromatic carbocycles. The largest absolute Gasteiger partial charge is 0.381 e. The molecule has 2 heterocycles. The number of rotatable bonds is 3. The van der Waals surface area contributed by atoms with E-state index >= 15 is 0 Å². The normalized spacial score (nSPS) is 28.5. The van der Waals surface area contributed by atoms with Crippen molar-refractivity contribution in [3.05, 3.63) is 48.3 Å². The van der Waals surface area contributed by atoms with E-state index in [1.807, 2.05) is 12.1 Å². The average Bonchev–Trinajstić information content (AvgIpc) is 3.02. The number of aliphatic imine (C=N–C) groups is 1. The Morgan fingerprint density at radius 3 is 2.88 bits per heavy atom. The van der Waals surface area contributed by atoms with Crippen molar-refractivity contribution in [3.63, 3.8) is 0 Å². The number of nitrogens with two attached hydrogens (primary N) is 1. The van der Waals surface area contributed by atoms with E-state index in [4.69, 9.17) is 15.5 Å². The third-order valence-electron chi connectivity index (χ3n) is 5.17. The predicted molar refractivity (Wildman–Crippen MR) is 96.7 cm³/mol. The van der Waals surface area contributed by atoms with Gasteiger partial charge in [0.2, 0.25) is 0 Å². The topological polar surface area (TPSA) is 73.4 Å². The molecule has 2 N–H and O–H groups in total. The van der Waals surface area contributed by atoms with Gasteiger partial charge in [0.05, 0.1) is 11.6 Å². The third kappa shape index (κ3) is 2.81. The highest BCUT2D eigenvalue weighted by Gasteiger charge is 2.50. The predicted octanol–water partition coefficient (Wildman–Crippen LogP) is 2.96. The van der Waals surface area contributed by atoms with Crippen molar-refractivity contribution in [1.29, 1.82) is 0 Å². The monoisotopic (exact) mass is 358 g/mol. The van der Waals surface area contributed by atoms with E-state index in [1.54, 1.807) is 31.3 Å². The minimum Gasteiger partial charge on any atom is -0.381 e. The number of benzene rings is 1. The van der Waals surface area contributed by atoms with Gasteiger partial charge in [0.25, 0.3) is 0 Å². The molecule has 3 atom stereocenters. The van der Waals surface area contributed by atoms with Crippen LogP contribution in [0.25, 0.3) is 11.1 Å². The Morgan fingerprint density at radius 2 is 2.12 bits per heavy atom. The number of nitrogens with zero attached hydrogens (tertiary/aromatic N) is 3. The Labute approximate surface area is 149 Å². The molecule has 1 aliphatic carbocycles.